The summed E-state index contributed by atoms with van der Waals surface area (Å²) in [6, 6.07) is 3.14. The normalized spacial score (nSPS) is 10.2. The summed E-state index contributed by atoms with van der Waals surface area (Å²) >= 11 is 0. The third-order valence-electron chi connectivity index (χ3n) is 3.13. The third-order valence-corrected chi connectivity index (χ3v) is 3.13. The molecule has 0 aliphatic carbocycles. The van der Waals surface area contributed by atoms with E-state index in [1.54, 1.807) is 11.9 Å². The van der Waals surface area contributed by atoms with Crippen LogP contribution in [0.1, 0.15) is 24.2 Å². The average molecular weight is 295 g/mol. The number of benzene rings is 1. The number of carbonyl (C=O) groups excluding carboxylic acids is 2. The van der Waals surface area contributed by atoms with Crippen molar-refractivity contribution in [3.05, 3.63) is 17.7 Å². The van der Waals surface area contributed by atoms with Crippen molar-refractivity contribution >= 4 is 12.2 Å². The summed E-state index contributed by atoms with van der Waals surface area (Å²) in [7, 11) is 4.62. The van der Waals surface area contributed by atoms with Gasteiger partial charge in [-0.3, -0.25) is 9.59 Å². The van der Waals surface area contributed by atoms with Crippen LogP contribution in [-0.4, -0.2) is 51.0 Å². The van der Waals surface area contributed by atoms with Gasteiger partial charge in [-0.2, -0.15) is 0 Å². The first kappa shape index (κ1) is 16.8. The SMILES string of the molecule is COc1cc(C=O)cc(OC)c1OCC(=O)N(C)C(C)C. The highest BCUT2D eigenvalue weighted by Crippen LogP contribution is 2.38. The predicted molar refractivity (Wildman–Crippen MR) is 78.3 cm³/mol. The number of carbonyl (C=O) groups is 2. The van der Waals surface area contributed by atoms with Gasteiger partial charge in [-0.25, -0.2) is 0 Å². The molecule has 0 aliphatic heterocycles. The van der Waals surface area contributed by atoms with Gasteiger partial charge in [0, 0.05) is 18.7 Å². The smallest absolute Gasteiger partial charge is 0.260 e. The van der Waals surface area contributed by atoms with Crippen LogP contribution in [-0.2, 0) is 4.79 Å². The van der Waals surface area contributed by atoms with Crippen LogP contribution in [0.15, 0.2) is 12.1 Å². The molecule has 1 aromatic carbocycles. The maximum atomic E-state index is 11.9. The van der Waals surface area contributed by atoms with Crippen LogP contribution in [0.4, 0.5) is 0 Å². The summed E-state index contributed by atoms with van der Waals surface area (Å²) in [4.78, 5) is 24.4. The molecule has 0 aromatic heterocycles. The van der Waals surface area contributed by atoms with Crippen LogP contribution in [0, 0.1) is 0 Å². The van der Waals surface area contributed by atoms with E-state index in [0.29, 0.717) is 29.1 Å². The predicted octanol–water partition coefficient (Wildman–Crippen LogP) is 1.76. The van der Waals surface area contributed by atoms with Crippen LogP contribution < -0.4 is 14.2 Å². The molecule has 0 fully saturated rings. The molecule has 1 amide bonds. The van der Waals surface area contributed by atoms with Gasteiger partial charge in [0.05, 0.1) is 14.2 Å². The van der Waals surface area contributed by atoms with E-state index in [1.165, 1.54) is 26.4 Å². The molecule has 0 heterocycles. The van der Waals surface area contributed by atoms with Gasteiger partial charge >= 0.3 is 0 Å². The zero-order valence-electron chi connectivity index (χ0n) is 13.0. The Morgan fingerprint density at radius 1 is 1.24 bits per heavy atom. The van der Waals surface area contributed by atoms with Crippen molar-refractivity contribution in [1.82, 2.24) is 4.90 Å². The Labute approximate surface area is 124 Å². The average Bonchev–Trinajstić information content (AvgIpc) is 2.50. The van der Waals surface area contributed by atoms with E-state index >= 15 is 0 Å². The number of amides is 1. The monoisotopic (exact) mass is 295 g/mol. The number of ether oxygens (including phenoxy) is 3. The molecule has 0 radical (unpaired) electrons. The van der Waals surface area contributed by atoms with E-state index in [4.69, 9.17) is 14.2 Å². The Hall–Kier alpha value is -2.24. The van der Waals surface area contributed by atoms with E-state index in [2.05, 4.69) is 0 Å². The molecule has 0 saturated carbocycles. The van der Waals surface area contributed by atoms with Gasteiger partial charge in [0.2, 0.25) is 5.75 Å². The first-order valence-electron chi connectivity index (χ1n) is 6.54. The standard InChI is InChI=1S/C15H21NO5/c1-10(2)16(3)14(18)9-21-15-12(19-4)6-11(8-17)7-13(15)20-5/h6-8,10H,9H2,1-5H3. The second kappa shape index (κ2) is 7.52. The number of hydrogen-bond acceptors (Lipinski definition) is 5. The van der Waals surface area contributed by atoms with Gasteiger partial charge in [0.15, 0.2) is 18.1 Å². The summed E-state index contributed by atoms with van der Waals surface area (Å²) < 4.78 is 15.9. The number of nitrogens with zero attached hydrogens (tertiary/aromatic N) is 1. The summed E-state index contributed by atoms with van der Waals surface area (Å²) in [5.41, 5.74) is 0.404. The topological polar surface area (TPSA) is 65.1 Å². The van der Waals surface area contributed by atoms with Crippen LogP contribution in [0.25, 0.3) is 0 Å². The van der Waals surface area contributed by atoms with Gasteiger partial charge in [-0.15, -0.1) is 0 Å². The highest BCUT2D eigenvalue weighted by Gasteiger charge is 2.18. The molecule has 1 rings (SSSR count). The van der Waals surface area contributed by atoms with Crippen molar-refractivity contribution in [1.29, 1.82) is 0 Å². The zero-order valence-corrected chi connectivity index (χ0v) is 13.0. The molecule has 0 aliphatic rings. The largest absolute Gasteiger partial charge is 0.493 e. The van der Waals surface area contributed by atoms with E-state index in [9.17, 15) is 9.59 Å². The minimum Gasteiger partial charge on any atom is -0.493 e. The molecule has 0 saturated heterocycles. The Balaban J connectivity index is 2.96. The Kier molecular flexibility index (Phi) is 6.02. The van der Waals surface area contributed by atoms with Gasteiger partial charge in [0.1, 0.15) is 6.29 Å². The quantitative estimate of drug-likeness (QED) is 0.717. The fourth-order valence-corrected chi connectivity index (χ4v) is 1.63. The molecule has 21 heavy (non-hydrogen) atoms. The molecule has 1 aromatic rings. The van der Waals surface area contributed by atoms with E-state index in [-0.39, 0.29) is 18.6 Å². The summed E-state index contributed by atoms with van der Waals surface area (Å²) in [6.07, 6.45) is 0.687. The number of likely N-dealkylation sites (N-methyl/N-ethyl adjacent to an activating group) is 1. The van der Waals surface area contributed by atoms with Crippen molar-refractivity contribution < 1.29 is 23.8 Å². The molecular weight excluding hydrogens is 274 g/mol. The van der Waals surface area contributed by atoms with E-state index in [1.807, 2.05) is 13.8 Å². The lowest BCUT2D eigenvalue weighted by atomic mass is 10.2. The van der Waals surface area contributed by atoms with Crippen molar-refractivity contribution in [2.24, 2.45) is 0 Å². The van der Waals surface area contributed by atoms with Crippen LogP contribution in [0.2, 0.25) is 0 Å². The Morgan fingerprint density at radius 2 is 1.76 bits per heavy atom. The van der Waals surface area contributed by atoms with Crippen LogP contribution in [0.5, 0.6) is 17.2 Å². The van der Waals surface area contributed by atoms with E-state index in [0.717, 1.165) is 0 Å². The number of rotatable bonds is 7. The minimum absolute atomic E-state index is 0.0855. The fraction of sp³-hybridized carbons (Fsp3) is 0.467. The lowest BCUT2D eigenvalue weighted by Crippen LogP contribution is -2.36. The van der Waals surface area contributed by atoms with Crippen molar-refractivity contribution in [3.8, 4) is 17.2 Å². The second-order valence-corrected chi connectivity index (χ2v) is 4.76. The first-order valence-corrected chi connectivity index (χ1v) is 6.54. The maximum Gasteiger partial charge on any atom is 0.260 e. The van der Waals surface area contributed by atoms with Crippen LogP contribution >= 0.6 is 0 Å². The molecule has 0 spiro atoms. The molecule has 116 valence electrons. The molecule has 0 atom stereocenters. The highest BCUT2D eigenvalue weighted by molar-refractivity contribution is 5.80. The molecule has 0 bridgehead atoms. The highest BCUT2D eigenvalue weighted by atomic mass is 16.5. The summed E-state index contributed by atoms with van der Waals surface area (Å²) in [5, 5.41) is 0. The first-order chi connectivity index (χ1) is 9.94. The number of aldehydes is 1. The van der Waals surface area contributed by atoms with Gasteiger partial charge in [-0.05, 0) is 26.0 Å². The zero-order chi connectivity index (χ0) is 16.0. The lowest BCUT2D eigenvalue weighted by molar-refractivity contribution is -0.133. The Morgan fingerprint density at radius 3 is 2.14 bits per heavy atom. The molecule has 0 unspecified atom stereocenters. The molecule has 6 heteroatoms. The number of hydrogen-bond donors (Lipinski definition) is 0. The molecule has 6 nitrogen and oxygen atoms in total. The molecular formula is C15H21NO5. The maximum absolute atomic E-state index is 11.9. The number of methoxy groups -OCH3 is 2. The van der Waals surface area contributed by atoms with Gasteiger partial charge in [0.25, 0.3) is 5.91 Å². The third kappa shape index (κ3) is 4.11. The summed E-state index contributed by atoms with van der Waals surface area (Å²) in [6.45, 7) is 3.69. The van der Waals surface area contributed by atoms with Crippen molar-refractivity contribution in [3.63, 3.8) is 0 Å². The minimum atomic E-state index is -0.159. The lowest BCUT2D eigenvalue weighted by Gasteiger charge is -2.22. The van der Waals surface area contributed by atoms with Crippen molar-refractivity contribution in [2.45, 2.75) is 19.9 Å². The van der Waals surface area contributed by atoms with Crippen LogP contribution in [0.3, 0.4) is 0 Å². The Bertz CT molecular complexity index is 488. The van der Waals surface area contributed by atoms with E-state index < -0.39 is 0 Å². The second-order valence-electron chi connectivity index (χ2n) is 4.76. The van der Waals surface area contributed by atoms with Gasteiger partial charge < -0.3 is 19.1 Å². The fourth-order valence-electron chi connectivity index (χ4n) is 1.63. The van der Waals surface area contributed by atoms with Gasteiger partial charge in [-0.1, -0.05) is 0 Å². The summed E-state index contributed by atoms with van der Waals surface area (Å²) in [5.74, 6) is 0.831. The molecule has 0 N–H and O–H groups in total. The van der Waals surface area contributed by atoms with Crippen molar-refractivity contribution in [2.75, 3.05) is 27.9 Å².